The van der Waals surface area contributed by atoms with E-state index < -0.39 is 35.5 Å². The number of hydrogen-bond acceptors (Lipinski definition) is 3. The van der Waals surface area contributed by atoms with Crippen LogP contribution in [0.2, 0.25) is 0 Å². The normalized spacial score (nSPS) is 11.1. The number of anilines is 1. The highest BCUT2D eigenvalue weighted by Crippen LogP contribution is 2.29. The smallest absolute Gasteiger partial charge is 0.417 e. The average Bonchev–Trinajstić information content (AvgIpc) is 2.48. The van der Waals surface area contributed by atoms with Gasteiger partial charge in [0.05, 0.1) is 5.56 Å². The summed E-state index contributed by atoms with van der Waals surface area (Å²) in [4.78, 5) is 25.1. The van der Waals surface area contributed by atoms with Crippen molar-refractivity contribution in [2.75, 3.05) is 11.9 Å². The Morgan fingerprint density at radius 3 is 2.52 bits per heavy atom. The number of aryl methyl sites for hydroxylation is 1. The molecule has 1 aromatic carbocycles. The number of ether oxygens (including phenoxy) is 1. The number of nitrogens with one attached hydrogen (secondary N) is 2. The van der Waals surface area contributed by atoms with E-state index in [1.54, 1.807) is 24.3 Å². The molecule has 23 heavy (non-hydrogen) atoms. The minimum absolute atomic E-state index is 0.432. The van der Waals surface area contributed by atoms with Crippen LogP contribution in [0.4, 0.5) is 18.9 Å². The lowest BCUT2D eigenvalue weighted by Gasteiger charge is -2.10. The Kier molecular flexibility index (Phi) is 4.73. The molecule has 8 heteroatoms. The van der Waals surface area contributed by atoms with Gasteiger partial charge in [-0.15, -0.1) is 0 Å². The number of alkyl halides is 3. The molecule has 0 bridgehead atoms. The third kappa shape index (κ3) is 4.60. The van der Waals surface area contributed by atoms with Crippen LogP contribution in [-0.4, -0.2) is 17.5 Å². The number of benzene rings is 1. The number of aromatic nitrogens is 1. The van der Waals surface area contributed by atoms with E-state index in [9.17, 15) is 22.8 Å². The zero-order valence-corrected chi connectivity index (χ0v) is 12.0. The van der Waals surface area contributed by atoms with Crippen LogP contribution in [0.1, 0.15) is 11.1 Å². The maximum absolute atomic E-state index is 12.6. The lowest BCUT2D eigenvalue weighted by Crippen LogP contribution is -2.25. The second-order valence-electron chi connectivity index (χ2n) is 4.78. The van der Waals surface area contributed by atoms with E-state index in [0.29, 0.717) is 18.0 Å². The summed E-state index contributed by atoms with van der Waals surface area (Å²) in [6, 6.07) is 7.44. The van der Waals surface area contributed by atoms with Crippen LogP contribution < -0.4 is 15.6 Å². The number of carbonyl (C=O) groups is 1. The third-order valence-electron chi connectivity index (χ3n) is 2.90. The van der Waals surface area contributed by atoms with Crippen LogP contribution in [0.5, 0.6) is 5.75 Å². The largest absolute Gasteiger partial charge is 0.484 e. The highest BCUT2D eigenvalue weighted by molar-refractivity contribution is 5.91. The van der Waals surface area contributed by atoms with E-state index in [4.69, 9.17) is 4.74 Å². The molecule has 2 aromatic rings. The van der Waals surface area contributed by atoms with Crippen LogP contribution >= 0.6 is 0 Å². The molecule has 0 radical (unpaired) electrons. The lowest BCUT2D eigenvalue weighted by molar-refractivity contribution is -0.137. The van der Waals surface area contributed by atoms with Crippen LogP contribution in [0.15, 0.2) is 41.3 Å². The highest BCUT2D eigenvalue weighted by atomic mass is 19.4. The van der Waals surface area contributed by atoms with Gasteiger partial charge < -0.3 is 15.0 Å². The molecule has 0 aliphatic carbocycles. The Morgan fingerprint density at radius 2 is 1.91 bits per heavy atom. The second-order valence-corrected chi connectivity index (χ2v) is 4.78. The van der Waals surface area contributed by atoms with E-state index >= 15 is 0 Å². The summed E-state index contributed by atoms with van der Waals surface area (Å²) >= 11 is 0. The highest BCUT2D eigenvalue weighted by Gasteiger charge is 2.31. The van der Waals surface area contributed by atoms with Crippen molar-refractivity contribution in [3.05, 3.63) is 58.0 Å². The topological polar surface area (TPSA) is 71.2 Å². The summed E-state index contributed by atoms with van der Waals surface area (Å²) in [5.74, 6) is -0.306. The molecule has 1 amide bonds. The van der Waals surface area contributed by atoms with Crippen molar-refractivity contribution in [1.82, 2.24) is 4.98 Å². The predicted octanol–water partition coefficient (Wildman–Crippen LogP) is 2.72. The molecule has 5 nitrogen and oxygen atoms in total. The van der Waals surface area contributed by atoms with Gasteiger partial charge in [0.15, 0.2) is 6.61 Å². The van der Waals surface area contributed by atoms with Crippen molar-refractivity contribution in [1.29, 1.82) is 0 Å². The number of pyridine rings is 1. The quantitative estimate of drug-likeness (QED) is 0.907. The first-order chi connectivity index (χ1) is 10.8. The maximum Gasteiger partial charge on any atom is 0.417 e. The molecular weight excluding hydrogens is 313 g/mol. The van der Waals surface area contributed by atoms with Crippen LogP contribution in [0.25, 0.3) is 0 Å². The third-order valence-corrected chi connectivity index (χ3v) is 2.90. The zero-order chi connectivity index (χ0) is 17.0. The Hall–Kier alpha value is -2.77. The van der Waals surface area contributed by atoms with Crippen LogP contribution in [0, 0.1) is 6.92 Å². The van der Waals surface area contributed by atoms with E-state index in [-0.39, 0.29) is 0 Å². The Bertz CT molecular complexity index is 752. The predicted molar refractivity (Wildman–Crippen MR) is 77.4 cm³/mol. The summed E-state index contributed by atoms with van der Waals surface area (Å²) in [5.41, 5.74) is -1.37. The van der Waals surface area contributed by atoms with Gasteiger partial charge in [-0.05, 0) is 25.1 Å². The van der Waals surface area contributed by atoms with Gasteiger partial charge in [0, 0.05) is 6.20 Å². The van der Waals surface area contributed by atoms with Crippen molar-refractivity contribution in [3.63, 3.8) is 0 Å². The van der Waals surface area contributed by atoms with E-state index in [0.717, 1.165) is 5.56 Å². The van der Waals surface area contributed by atoms with Gasteiger partial charge in [0.1, 0.15) is 11.4 Å². The fraction of sp³-hybridized carbons (Fsp3) is 0.200. The molecule has 1 aromatic heterocycles. The molecule has 0 saturated carbocycles. The van der Waals surface area contributed by atoms with Gasteiger partial charge in [0.25, 0.3) is 11.5 Å². The number of amides is 1. The molecule has 0 fully saturated rings. The number of H-pyrrole nitrogens is 1. The fourth-order valence-electron chi connectivity index (χ4n) is 1.71. The first-order valence-electron chi connectivity index (χ1n) is 6.55. The Morgan fingerprint density at radius 1 is 1.26 bits per heavy atom. The first kappa shape index (κ1) is 16.6. The van der Waals surface area contributed by atoms with Crippen LogP contribution in [0.3, 0.4) is 0 Å². The van der Waals surface area contributed by atoms with Crippen molar-refractivity contribution < 1.29 is 22.7 Å². The summed E-state index contributed by atoms with van der Waals surface area (Å²) in [6.07, 6.45) is -4.08. The summed E-state index contributed by atoms with van der Waals surface area (Å²) in [6.45, 7) is 1.45. The van der Waals surface area contributed by atoms with E-state index in [2.05, 4.69) is 5.32 Å². The molecule has 0 atom stereocenters. The second kappa shape index (κ2) is 6.55. The van der Waals surface area contributed by atoms with Gasteiger partial charge in [-0.1, -0.05) is 17.7 Å². The van der Waals surface area contributed by atoms with Crippen molar-refractivity contribution in [2.45, 2.75) is 13.1 Å². The maximum atomic E-state index is 12.6. The summed E-state index contributed by atoms with van der Waals surface area (Å²) < 4.78 is 42.9. The number of carbonyl (C=O) groups excluding carboxylic acids is 1. The molecule has 0 saturated heterocycles. The molecule has 122 valence electrons. The minimum Gasteiger partial charge on any atom is -0.484 e. The number of hydrogen-bond donors (Lipinski definition) is 2. The molecular formula is C15H13F3N2O3. The average molecular weight is 326 g/mol. The fourth-order valence-corrected chi connectivity index (χ4v) is 1.71. The molecule has 0 aliphatic heterocycles. The Balaban J connectivity index is 2.02. The Labute approximate surface area is 129 Å². The number of rotatable bonds is 4. The van der Waals surface area contributed by atoms with Gasteiger partial charge in [-0.3, -0.25) is 9.59 Å². The molecule has 0 spiro atoms. The van der Waals surface area contributed by atoms with Gasteiger partial charge in [-0.2, -0.15) is 13.2 Å². The van der Waals surface area contributed by atoms with E-state index in [1.165, 1.54) is 0 Å². The monoisotopic (exact) mass is 326 g/mol. The van der Waals surface area contributed by atoms with Crippen molar-refractivity contribution in [2.24, 2.45) is 0 Å². The van der Waals surface area contributed by atoms with Crippen molar-refractivity contribution >= 4 is 11.6 Å². The standard InChI is InChI=1S/C15H13F3N2O3/c1-9-2-4-11(5-3-9)23-8-13(21)20-12-6-10(15(16,17)18)7-19-14(12)22/h2-7H,8H2,1H3,(H,19,22)(H,20,21). The summed E-state index contributed by atoms with van der Waals surface area (Å²) in [7, 11) is 0. The molecule has 1 heterocycles. The first-order valence-corrected chi connectivity index (χ1v) is 6.55. The minimum atomic E-state index is -4.62. The summed E-state index contributed by atoms with van der Waals surface area (Å²) in [5, 5.41) is 2.10. The van der Waals surface area contributed by atoms with Crippen LogP contribution in [-0.2, 0) is 11.0 Å². The number of halogens is 3. The zero-order valence-electron chi connectivity index (χ0n) is 12.0. The molecule has 0 aliphatic rings. The molecule has 0 unspecified atom stereocenters. The van der Waals surface area contributed by atoms with Gasteiger partial charge in [0.2, 0.25) is 0 Å². The van der Waals surface area contributed by atoms with Gasteiger partial charge in [-0.25, -0.2) is 0 Å². The molecule has 2 N–H and O–H groups in total. The molecule has 2 rings (SSSR count). The number of aromatic amines is 1. The SMILES string of the molecule is Cc1ccc(OCC(=O)Nc2cc(C(F)(F)F)c[nH]c2=O)cc1. The van der Waals surface area contributed by atoms with E-state index in [1.807, 2.05) is 11.9 Å². The van der Waals surface area contributed by atoms with Gasteiger partial charge >= 0.3 is 6.18 Å². The van der Waals surface area contributed by atoms with Crippen molar-refractivity contribution in [3.8, 4) is 5.75 Å². The lowest BCUT2D eigenvalue weighted by atomic mass is 10.2.